The maximum atomic E-state index is 11.6. The van der Waals surface area contributed by atoms with Crippen LogP contribution in [0.2, 0.25) is 0 Å². The Morgan fingerprint density at radius 2 is 2.00 bits per heavy atom. The highest BCUT2D eigenvalue weighted by Crippen LogP contribution is 2.11. The fourth-order valence-electron chi connectivity index (χ4n) is 1.69. The molecule has 2 amide bonds. The van der Waals surface area contributed by atoms with E-state index in [2.05, 4.69) is 10.6 Å². The first-order valence-corrected chi connectivity index (χ1v) is 6.12. The van der Waals surface area contributed by atoms with Gasteiger partial charge in [0.25, 0.3) is 0 Å². The standard InChI is InChI=1S/C12H20N2O5/c1-7(15)18-8-5-9(10(16)13-6-8)14-11(17)19-12(2,3)4/h8-9H,5-6H2,1-4H3,(H,13,16)(H,14,17)/t8-,9-/m1/s1. The summed E-state index contributed by atoms with van der Waals surface area (Å²) in [5.74, 6) is -0.730. The van der Waals surface area contributed by atoms with Crippen LogP contribution in [0.3, 0.4) is 0 Å². The smallest absolute Gasteiger partial charge is 0.408 e. The van der Waals surface area contributed by atoms with Crippen molar-refractivity contribution in [3.8, 4) is 0 Å². The van der Waals surface area contributed by atoms with Crippen LogP contribution in [0.15, 0.2) is 0 Å². The van der Waals surface area contributed by atoms with Crippen LogP contribution in [0, 0.1) is 0 Å². The van der Waals surface area contributed by atoms with E-state index in [1.807, 2.05) is 0 Å². The molecule has 1 rings (SSSR count). The van der Waals surface area contributed by atoms with Crippen molar-refractivity contribution in [2.45, 2.75) is 51.9 Å². The predicted octanol–water partition coefficient (Wildman–Crippen LogP) is 0.331. The third-order valence-electron chi connectivity index (χ3n) is 2.34. The highest BCUT2D eigenvalue weighted by molar-refractivity contribution is 5.86. The minimum absolute atomic E-state index is 0.241. The lowest BCUT2D eigenvalue weighted by Crippen LogP contribution is -2.56. The molecule has 0 aromatic heterocycles. The Morgan fingerprint density at radius 1 is 1.37 bits per heavy atom. The summed E-state index contributed by atoms with van der Waals surface area (Å²) in [5.41, 5.74) is -0.634. The second kappa shape index (κ2) is 5.90. The van der Waals surface area contributed by atoms with Crippen LogP contribution in [0.4, 0.5) is 4.79 Å². The largest absolute Gasteiger partial charge is 0.461 e. The third-order valence-corrected chi connectivity index (χ3v) is 2.34. The summed E-state index contributed by atoms with van der Waals surface area (Å²) in [6.07, 6.45) is -0.865. The van der Waals surface area contributed by atoms with E-state index in [1.54, 1.807) is 20.8 Å². The van der Waals surface area contributed by atoms with Crippen molar-refractivity contribution in [3.05, 3.63) is 0 Å². The molecule has 0 aromatic carbocycles. The van der Waals surface area contributed by atoms with Gasteiger partial charge in [0.15, 0.2) is 0 Å². The van der Waals surface area contributed by atoms with Gasteiger partial charge in [-0.1, -0.05) is 0 Å². The molecule has 2 atom stereocenters. The number of hydrogen-bond donors (Lipinski definition) is 2. The van der Waals surface area contributed by atoms with Gasteiger partial charge in [0.05, 0.1) is 6.54 Å². The number of hydrogen-bond acceptors (Lipinski definition) is 5. The summed E-state index contributed by atoms with van der Waals surface area (Å²) >= 11 is 0. The molecule has 0 saturated carbocycles. The normalized spacial score (nSPS) is 23.3. The van der Waals surface area contributed by atoms with Crippen LogP contribution in [0.5, 0.6) is 0 Å². The second-order valence-corrected chi connectivity index (χ2v) is 5.41. The van der Waals surface area contributed by atoms with E-state index in [9.17, 15) is 14.4 Å². The zero-order chi connectivity index (χ0) is 14.6. The molecule has 0 radical (unpaired) electrons. The summed E-state index contributed by atoms with van der Waals surface area (Å²) < 4.78 is 10.1. The summed E-state index contributed by atoms with van der Waals surface area (Å²) in [5, 5.41) is 5.03. The van der Waals surface area contributed by atoms with Crippen LogP contribution in [0.25, 0.3) is 0 Å². The van der Waals surface area contributed by atoms with E-state index < -0.39 is 29.8 Å². The summed E-state index contributed by atoms with van der Waals surface area (Å²) in [6, 6.07) is -0.757. The van der Waals surface area contributed by atoms with Gasteiger partial charge < -0.3 is 20.1 Å². The maximum Gasteiger partial charge on any atom is 0.408 e. The van der Waals surface area contributed by atoms with E-state index in [1.165, 1.54) is 6.92 Å². The zero-order valence-corrected chi connectivity index (χ0v) is 11.6. The van der Waals surface area contributed by atoms with Crippen molar-refractivity contribution < 1.29 is 23.9 Å². The van der Waals surface area contributed by atoms with Gasteiger partial charge in [-0.25, -0.2) is 4.79 Å². The van der Waals surface area contributed by atoms with E-state index in [-0.39, 0.29) is 18.9 Å². The number of ether oxygens (including phenoxy) is 2. The van der Waals surface area contributed by atoms with Gasteiger partial charge in [-0.05, 0) is 20.8 Å². The Bertz CT molecular complexity index is 375. The Morgan fingerprint density at radius 3 is 2.53 bits per heavy atom. The third kappa shape index (κ3) is 5.58. The van der Waals surface area contributed by atoms with Crippen LogP contribution in [-0.4, -0.2) is 42.3 Å². The number of esters is 1. The molecule has 2 N–H and O–H groups in total. The highest BCUT2D eigenvalue weighted by atomic mass is 16.6. The molecule has 1 fully saturated rings. The molecule has 0 unspecified atom stereocenters. The molecule has 1 aliphatic heterocycles. The van der Waals surface area contributed by atoms with Crippen molar-refractivity contribution in [1.29, 1.82) is 0 Å². The average molecular weight is 272 g/mol. The number of piperidine rings is 1. The SMILES string of the molecule is CC(=O)O[C@H]1CNC(=O)[C@H](NC(=O)OC(C)(C)C)C1. The second-order valence-electron chi connectivity index (χ2n) is 5.41. The number of nitrogens with one attached hydrogen (secondary N) is 2. The van der Waals surface area contributed by atoms with Crippen molar-refractivity contribution >= 4 is 18.0 Å². The topological polar surface area (TPSA) is 93.7 Å². The molecule has 7 heteroatoms. The Balaban J connectivity index is 2.53. The van der Waals surface area contributed by atoms with E-state index in [4.69, 9.17) is 9.47 Å². The van der Waals surface area contributed by atoms with Gasteiger partial charge >= 0.3 is 12.1 Å². The molecule has 19 heavy (non-hydrogen) atoms. The lowest BCUT2D eigenvalue weighted by atomic mass is 10.0. The van der Waals surface area contributed by atoms with E-state index in [0.717, 1.165) is 0 Å². The van der Waals surface area contributed by atoms with Gasteiger partial charge in [-0.3, -0.25) is 9.59 Å². The number of alkyl carbamates (subject to hydrolysis) is 1. The molecule has 1 saturated heterocycles. The van der Waals surface area contributed by atoms with Crippen LogP contribution in [-0.2, 0) is 19.1 Å². The summed E-state index contributed by atoms with van der Waals surface area (Å²) in [4.78, 5) is 34.0. The monoisotopic (exact) mass is 272 g/mol. The fourth-order valence-corrected chi connectivity index (χ4v) is 1.69. The van der Waals surface area contributed by atoms with E-state index in [0.29, 0.717) is 0 Å². The Labute approximate surface area is 112 Å². The number of amides is 2. The van der Waals surface area contributed by atoms with Gasteiger partial charge in [0, 0.05) is 13.3 Å². The first-order chi connectivity index (χ1) is 8.67. The minimum atomic E-state index is -0.757. The Hall–Kier alpha value is -1.79. The van der Waals surface area contributed by atoms with Gasteiger partial charge in [0.2, 0.25) is 5.91 Å². The molecule has 0 spiro atoms. The van der Waals surface area contributed by atoms with Crippen molar-refractivity contribution in [1.82, 2.24) is 10.6 Å². The van der Waals surface area contributed by atoms with Crippen LogP contribution >= 0.6 is 0 Å². The lowest BCUT2D eigenvalue weighted by Gasteiger charge is -2.29. The predicted molar refractivity (Wildman–Crippen MR) is 66.3 cm³/mol. The fraction of sp³-hybridized carbons (Fsp3) is 0.750. The van der Waals surface area contributed by atoms with Crippen molar-refractivity contribution in [3.63, 3.8) is 0 Å². The van der Waals surface area contributed by atoms with Gasteiger partial charge in [0.1, 0.15) is 17.7 Å². The first-order valence-electron chi connectivity index (χ1n) is 6.12. The average Bonchev–Trinajstić information content (AvgIpc) is 2.19. The summed E-state index contributed by atoms with van der Waals surface area (Å²) in [7, 11) is 0. The molecule has 1 aliphatic rings. The lowest BCUT2D eigenvalue weighted by molar-refractivity contribution is -0.149. The first kappa shape index (κ1) is 15.3. The van der Waals surface area contributed by atoms with Crippen molar-refractivity contribution in [2.75, 3.05) is 6.54 Å². The number of carbonyl (C=O) groups is 3. The maximum absolute atomic E-state index is 11.6. The highest BCUT2D eigenvalue weighted by Gasteiger charge is 2.32. The molecule has 0 bridgehead atoms. The molecule has 0 aliphatic carbocycles. The van der Waals surface area contributed by atoms with Gasteiger partial charge in [-0.2, -0.15) is 0 Å². The van der Waals surface area contributed by atoms with E-state index >= 15 is 0 Å². The zero-order valence-electron chi connectivity index (χ0n) is 11.6. The number of rotatable bonds is 2. The number of carbonyl (C=O) groups excluding carboxylic acids is 3. The molecular formula is C12H20N2O5. The molecule has 108 valence electrons. The van der Waals surface area contributed by atoms with Crippen molar-refractivity contribution in [2.24, 2.45) is 0 Å². The molecule has 7 nitrogen and oxygen atoms in total. The quantitative estimate of drug-likeness (QED) is 0.707. The van der Waals surface area contributed by atoms with Gasteiger partial charge in [-0.15, -0.1) is 0 Å². The van der Waals surface area contributed by atoms with Crippen LogP contribution < -0.4 is 10.6 Å². The Kier molecular flexibility index (Phi) is 4.74. The summed E-state index contributed by atoms with van der Waals surface area (Å²) in [6.45, 7) is 6.75. The minimum Gasteiger partial charge on any atom is -0.461 e. The van der Waals surface area contributed by atoms with Crippen LogP contribution in [0.1, 0.15) is 34.1 Å². The molecule has 0 aromatic rings. The molecular weight excluding hydrogens is 252 g/mol. The molecule has 1 heterocycles.